The molecule has 3 aliphatic carbocycles. The summed E-state index contributed by atoms with van der Waals surface area (Å²) in [6.45, 7) is 0. The summed E-state index contributed by atoms with van der Waals surface area (Å²) in [6, 6.07) is 0. The monoisotopic (exact) mass is 182 g/mol. The molecule has 0 amide bonds. The molecule has 7 atom stereocenters. The molecule has 1 heterocycles. The lowest BCUT2D eigenvalue weighted by molar-refractivity contribution is 0.151. The first-order valence-electron chi connectivity index (χ1n) is 5.18. The predicted octanol–water partition coefficient (Wildman–Crippen LogP) is 1.73. The molecule has 0 spiro atoms. The molecule has 4 fully saturated rings. The highest BCUT2D eigenvalue weighted by Gasteiger charge is 2.65. The number of fused-ring (bicyclic) bond motifs is 7. The predicted molar refractivity (Wildman–Crippen MR) is 49.2 cm³/mol. The zero-order valence-corrected chi connectivity index (χ0v) is 7.91. The fourth-order valence-electron chi connectivity index (χ4n) is 4.27. The summed E-state index contributed by atoms with van der Waals surface area (Å²) in [6.07, 6.45) is 5.62. The number of thiol groups is 1. The van der Waals surface area contributed by atoms with Crippen LogP contribution in [0.3, 0.4) is 0 Å². The third kappa shape index (κ3) is 0.609. The Bertz CT molecular complexity index is 242. The summed E-state index contributed by atoms with van der Waals surface area (Å²) >= 11 is 4.68. The van der Waals surface area contributed by atoms with Crippen molar-refractivity contribution in [3.63, 3.8) is 0 Å². The van der Waals surface area contributed by atoms with E-state index >= 15 is 0 Å². The Balaban J connectivity index is 1.74. The van der Waals surface area contributed by atoms with Crippen molar-refractivity contribution < 1.29 is 4.74 Å². The molecule has 1 aliphatic heterocycles. The van der Waals surface area contributed by atoms with Crippen molar-refractivity contribution >= 4 is 12.6 Å². The van der Waals surface area contributed by atoms with Crippen LogP contribution in [0.2, 0.25) is 0 Å². The lowest BCUT2D eigenvalue weighted by Gasteiger charge is -2.29. The number of epoxide rings is 1. The highest BCUT2D eigenvalue weighted by molar-refractivity contribution is 7.81. The van der Waals surface area contributed by atoms with E-state index in [2.05, 4.69) is 12.6 Å². The van der Waals surface area contributed by atoms with Crippen molar-refractivity contribution in [3.8, 4) is 0 Å². The van der Waals surface area contributed by atoms with Crippen LogP contribution in [-0.2, 0) is 4.74 Å². The van der Waals surface area contributed by atoms with E-state index in [9.17, 15) is 0 Å². The standard InChI is InChI=1S/C10H14OS/c12-8-2-4-1-6(8)9-5(4)3-7-10(9)11-7/h4-10,12H,1-3H2/t4?,5?,6?,7-,8?,9?,10?/m0/s1. The normalized spacial score (nSPS) is 71.2. The van der Waals surface area contributed by atoms with Gasteiger partial charge in [0.1, 0.15) is 0 Å². The van der Waals surface area contributed by atoms with Crippen LogP contribution >= 0.6 is 12.6 Å². The van der Waals surface area contributed by atoms with Gasteiger partial charge in [-0.3, -0.25) is 0 Å². The van der Waals surface area contributed by atoms with Crippen LogP contribution in [0.1, 0.15) is 19.3 Å². The Labute approximate surface area is 78.3 Å². The molecule has 0 radical (unpaired) electrons. The smallest absolute Gasteiger partial charge is 0.0875 e. The summed E-state index contributed by atoms with van der Waals surface area (Å²) in [5.41, 5.74) is 0. The largest absolute Gasteiger partial charge is 0.369 e. The van der Waals surface area contributed by atoms with Gasteiger partial charge in [0.25, 0.3) is 0 Å². The highest BCUT2D eigenvalue weighted by atomic mass is 32.1. The first-order chi connectivity index (χ1) is 5.84. The highest BCUT2D eigenvalue weighted by Crippen LogP contribution is 2.65. The lowest BCUT2D eigenvalue weighted by Crippen LogP contribution is -2.28. The van der Waals surface area contributed by atoms with Crippen LogP contribution in [0.4, 0.5) is 0 Å². The first kappa shape index (κ1) is 6.72. The molecule has 4 aliphatic rings. The summed E-state index contributed by atoms with van der Waals surface area (Å²) in [5, 5.41) is 0.708. The van der Waals surface area contributed by atoms with Crippen molar-refractivity contribution in [2.75, 3.05) is 0 Å². The second kappa shape index (κ2) is 1.88. The van der Waals surface area contributed by atoms with Gasteiger partial charge in [0, 0.05) is 5.25 Å². The van der Waals surface area contributed by atoms with Crippen molar-refractivity contribution in [2.24, 2.45) is 23.7 Å². The third-order valence-corrected chi connectivity index (χ3v) is 5.31. The van der Waals surface area contributed by atoms with Crippen molar-refractivity contribution in [2.45, 2.75) is 36.7 Å². The Morgan fingerprint density at radius 1 is 1.08 bits per heavy atom. The molecule has 2 bridgehead atoms. The molecule has 0 aromatic rings. The summed E-state index contributed by atoms with van der Waals surface area (Å²) in [4.78, 5) is 0. The van der Waals surface area contributed by atoms with Gasteiger partial charge in [-0.1, -0.05) is 0 Å². The number of rotatable bonds is 0. The van der Waals surface area contributed by atoms with Crippen LogP contribution in [0.15, 0.2) is 0 Å². The second-order valence-corrected chi connectivity index (χ2v) is 5.74. The van der Waals surface area contributed by atoms with Crippen LogP contribution in [0, 0.1) is 23.7 Å². The van der Waals surface area contributed by atoms with E-state index in [-0.39, 0.29) is 0 Å². The molecule has 1 nitrogen and oxygen atoms in total. The van der Waals surface area contributed by atoms with Crippen LogP contribution in [-0.4, -0.2) is 17.5 Å². The molecule has 2 heteroatoms. The van der Waals surface area contributed by atoms with E-state index < -0.39 is 0 Å². The lowest BCUT2D eigenvalue weighted by atomic mass is 9.81. The quantitative estimate of drug-likeness (QED) is 0.444. The summed E-state index contributed by atoms with van der Waals surface area (Å²) in [7, 11) is 0. The van der Waals surface area contributed by atoms with E-state index in [4.69, 9.17) is 4.74 Å². The fraction of sp³-hybridized carbons (Fsp3) is 1.00. The molecule has 3 saturated carbocycles. The fourth-order valence-corrected chi connectivity index (χ4v) is 4.86. The zero-order valence-electron chi connectivity index (χ0n) is 7.02. The van der Waals surface area contributed by atoms with E-state index in [1.54, 1.807) is 0 Å². The van der Waals surface area contributed by atoms with Crippen LogP contribution in [0.25, 0.3) is 0 Å². The van der Waals surface area contributed by atoms with Crippen LogP contribution in [0.5, 0.6) is 0 Å². The molecule has 12 heavy (non-hydrogen) atoms. The van der Waals surface area contributed by atoms with E-state index in [1.807, 2.05) is 0 Å². The molecule has 1 saturated heterocycles. The third-order valence-electron chi connectivity index (χ3n) is 4.71. The van der Waals surface area contributed by atoms with Gasteiger partial charge in [0.05, 0.1) is 12.2 Å². The average Bonchev–Trinajstić information content (AvgIpc) is 2.42. The maximum absolute atomic E-state index is 5.63. The SMILES string of the molecule is SC1CC2CC1C1C2C[C@@H]2OC12. The second-order valence-electron chi connectivity index (χ2n) is 5.08. The molecule has 0 N–H and O–H groups in total. The Morgan fingerprint density at radius 2 is 2.00 bits per heavy atom. The van der Waals surface area contributed by atoms with E-state index in [0.29, 0.717) is 17.5 Å². The zero-order chi connectivity index (χ0) is 7.87. The van der Waals surface area contributed by atoms with Crippen molar-refractivity contribution in [1.82, 2.24) is 0 Å². The summed E-state index contributed by atoms with van der Waals surface area (Å²) in [5.74, 6) is 3.91. The van der Waals surface area contributed by atoms with Gasteiger partial charge < -0.3 is 4.74 Å². The molecule has 6 unspecified atom stereocenters. The minimum absolute atomic E-state index is 0.681. The Morgan fingerprint density at radius 3 is 2.92 bits per heavy atom. The van der Waals surface area contributed by atoms with Gasteiger partial charge in [-0.05, 0) is 42.9 Å². The summed E-state index contributed by atoms with van der Waals surface area (Å²) < 4.78 is 5.63. The van der Waals surface area contributed by atoms with Gasteiger partial charge in [0.2, 0.25) is 0 Å². The van der Waals surface area contributed by atoms with Gasteiger partial charge in [0.15, 0.2) is 0 Å². The van der Waals surface area contributed by atoms with Crippen molar-refractivity contribution in [3.05, 3.63) is 0 Å². The van der Waals surface area contributed by atoms with Gasteiger partial charge in [-0.25, -0.2) is 0 Å². The van der Waals surface area contributed by atoms with E-state index in [1.165, 1.54) is 19.3 Å². The molecule has 0 aromatic carbocycles. The maximum Gasteiger partial charge on any atom is 0.0875 e. The minimum atomic E-state index is 0.681. The Kier molecular flexibility index (Phi) is 1.05. The molecule has 4 rings (SSSR count). The number of ether oxygens (including phenoxy) is 1. The molecular weight excluding hydrogens is 168 g/mol. The van der Waals surface area contributed by atoms with Crippen LogP contribution < -0.4 is 0 Å². The number of hydrogen-bond acceptors (Lipinski definition) is 2. The van der Waals surface area contributed by atoms with Gasteiger partial charge in [-0.2, -0.15) is 12.6 Å². The van der Waals surface area contributed by atoms with Crippen molar-refractivity contribution in [1.29, 1.82) is 0 Å². The number of hydrogen-bond donors (Lipinski definition) is 1. The first-order valence-corrected chi connectivity index (χ1v) is 5.70. The maximum atomic E-state index is 5.63. The van der Waals surface area contributed by atoms with E-state index in [0.717, 1.165) is 23.7 Å². The average molecular weight is 182 g/mol. The topological polar surface area (TPSA) is 12.5 Å². The Hall–Kier alpha value is 0.310. The minimum Gasteiger partial charge on any atom is -0.369 e. The van der Waals surface area contributed by atoms with Gasteiger partial charge >= 0.3 is 0 Å². The van der Waals surface area contributed by atoms with Gasteiger partial charge in [-0.15, -0.1) is 0 Å². The molecular formula is C10H14OS. The molecule has 66 valence electrons. The molecule has 0 aromatic heterocycles.